The van der Waals surface area contributed by atoms with Crippen molar-refractivity contribution >= 4 is 6.41 Å². The molecule has 0 aromatic carbocycles. The fraction of sp³-hybridized carbons (Fsp3) is 0.455. The summed E-state index contributed by atoms with van der Waals surface area (Å²) in [5.74, 6) is 0. The van der Waals surface area contributed by atoms with Gasteiger partial charge in [-0.05, 0) is 26.2 Å². The van der Waals surface area contributed by atoms with E-state index in [1.165, 1.54) is 0 Å². The Labute approximate surface area is 90.5 Å². The van der Waals surface area contributed by atoms with Crippen LogP contribution in [0.2, 0.25) is 0 Å². The van der Waals surface area contributed by atoms with Crippen LogP contribution in [-0.4, -0.2) is 48.4 Å². The van der Waals surface area contributed by atoms with Gasteiger partial charge in [-0.25, -0.2) is 0 Å². The molecule has 15 heavy (non-hydrogen) atoms. The Balaban J connectivity index is 2.43. The molecule has 1 heterocycles. The Morgan fingerprint density at radius 3 is 2.67 bits per heavy atom. The summed E-state index contributed by atoms with van der Waals surface area (Å²) in [5.41, 5.74) is 0.920. The molecule has 0 spiro atoms. The number of likely N-dealkylation sites (N-methyl/N-ethyl adjacent to an activating group) is 1. The average molecular weight is 207 g/mol. The molecule has 0 aliphatic heterocycles. The molecule has 0 atom stereocenters. The fourth-order valence-electron chi connectivity index (χ4n) is 1.20. The van der Waals surface area contributed by atoms with Gasteiger partial charge in [-0.15, -0.1) is 0 Å². The van der Waals surface area contributed by atoms with Crippen LogP contribution in [-0.2, 0) is 11.3 Å². The molecule has 0 aliphatic carbocycles. The number of hydrogen-bond acceptors (Lipinski definition) is 3. The normalized spacial score (nSPS) is 10.3. The highest BCUT2D eigenvalue weighted by atomic mass is 16.1. The van der Waals surface area contributed by atoms with E-state index < -0.39 is 0 Å². The molecule has 0 fully saturated rings. The first-order valence-electron chi connectivity index (χ1n) is 4.96. The lowest BCUT2D eigenvalue weighted by molar-refractivity contribution is -0.118. The highest BCUT2D eigenvalue weighted by Gasteiger charge is 2.03. The van der Waals surface area contributed by atoms with Crippen LogP contribution in [0, 0.1) is 0 Å². The van der Waals surface area contributed by atoms with E-state index in [0.29, 0.717) is 6.54 Å². The second kappa shape index (κ2) is 6.14. The molecular weight excluding hydrogens is 190 g/mol. The lowest BCUT2D eigenvalue weighted by Gasteiger charge is -2.19. The Morgan fingerprint density at radius 1 is 1.33 bits per heavy atom. The van der Waals surface area contributed by atoms with Crippen molar-refractivity contribution in [3.63, 3.8) is 0 Å². The van der Waals surface area contributed by atoms with Crippen LogP contribution in [0.15, 0.2) is 24.4 Å². The van der Waals surface area contributed by atoms with Crippen molar-refractivity contribution in [2.24, 2.45) is 0 Å². The summed E-state index contributed by atoms with van der Waals surface area (Å²) in [6.07, 6.45) is 2.61. The highest BCUT2D eigenvalue weighted by molar-refractivity contribution is 5.47. The SMILES string of the molecule is CN(C)CCN(C=O)Cc1ccccn1. The first-order chi connectivity index (χ1) is 7.22. The van der Waals surface area contributed by atoms with Crippen LogP contribution >= 0.6 is 0 Å². The van der Waals surface area contributed by atoms with Gasteiger partial charge < -0.3 is 9.80 Å². The number of amides is 1. The zero-order valence-electron chi connectivity index (χ0n) is 9.26. The molecule has 1 aromatic heterocycles. The summed E-state index contributed by atoms with van der Waals surface area (Å²) in [6.45, 7) is 2.18. The van der Waals surface area contributed by atoms with E-state index in [9.17, 15) is 4.79 Å². The number of nitrogens with zero attached hydrogens (tertiary/aromatic N) is 3. The molecule has 1 aromatic rings. The molecule has 82 valence electrons. The Hall–Kier alpha value is -1.42. The van der Waals surface area contributed by atoms with Gasteiger partial charge in [0.05, 0.1) is 12.2 Å². The second-order valence-electron chi connectivity index (χ2n) is 3.70. The van der Waals surface area contributed by atoms with E-state index in [0.717, 1.165) is 25.2 Å². The van der Waals surface area contributed by atoms with Gasteiger partial charge >= 0.3 is 0 Å². The molecule has 1 rings (SSSR count). The van der Waals surface area contributed by atoms with Crippen molar-refractivity contribution in [1.82, 2.24) is 14.8 Å². The van der Waals surface area contributed by atoms with E-state index in [-0.39, 0.29) is 0 Å². The van der Waals surface area contributed by atoms with Crippen molar-refractivity contribution in [2.45, 2.75) is 6.54 Å². The van der Waals surface area contributed by atoms with Crippen LogP contribution in [0.4, 0.5) is 0 Å². The fourth-order valence-corrected chi connectivity index (χ4v) is 1.20. The Kier molecular flexibility index (Phi) is 4.77. The lowest BCUT2D eigenvalue weighted by atomic mass is 10.3. The smallest absolute Gasteiger partial charge is 0.210 e. The summed E-state index contributed by atoms with van der Waals surface area (Å²) < 4.78 is 0. The van der Waals surface area contributed by atoms with Gasteiger partial charge in [0.1, 0.15) is 0 Å². The quantitative estimate of drug-likeness (QED) is 0.641. The van der Waals surface area contributed by atoms with Crippen molar-refractivity contribution < 1.29 is 4.79 Å². The van der Waals surface area contributed by atoms with E-state index in [1.54, 1.807) is 11.1 Å². The van der Waals surface area contributed by atoms with Crippen molar-refractivity contribution in [3.8, 4) is 0 Å². The van der Waals surface area contributed by atoms with Crippen LogP contribution in [0.25, 0.3) is 0 Å². The van der Waals surface area contributed by atoms with E-state index in [2.05, 4.69) is 9.88 Å². The maximum absolute atomic E-state index is 10.8. The molecule has 0 aliphatic rings. The number of pyridine rings is 1. The molecular formula is C11H17N3O. The molecule has 0 saturated carbocycles. The van der Waals surface area contributed by atoms with Gasteiger partial charge in [-0.1, -0.05) is 6.07 Å². The van der Waals surface area contributed by atoms with Crippen molar-refractivity contribution in [2.75, 3.05) is 27.2 Å². The molecule has 0 N–H and O–H groups in total. The predicted molar refractivity (Wildman–Crippen MR) is 59.3 cm³/mol. The number of hydrogen-bond donors (Lipinski definition) is 0. The molecule has 0 bridgehead atoms. The summed E-state index contributed by atoms with van der Waals surface area (Å²) in [6, 6.07) is 5.72. The van der Waals surface area contributed by atoms with Crippen LogP contribution < -0.4 is 0 Å². The third-order valence-corrected chi connectivity index (χ3v) is 2.07. The van der Waals surface area contributed by atoms with Crippen molar-refractivity contribution in [3.05, 3.63) is 30.1 Å². The summed E-state index contributed by atoms with van der Waals surface area (Å²) in [4.78, 5) is 18.8. The monoisotopic (exact) mass is 207 g/mol. The first-order valence-corrected chi connectivity index (χ1v) is 4.96. The number of carbonyl (C=O) groups excluding carboxylic acids is 1. The molecule has 0 unspecified atom stereocenters. The number of aromatic nitrogens is 1. The summed E-state index contributed by atoms with van der Waals surface area (Å²) >= 11 is 0. The second-order valence-corrected chi connectivity index (χ2v) is 3.70. The van der Waals surface area contributed by atoms with Crippen LogP contribution in [0.1, 0.15) is 5.69 Å². The minimum absolute atomic E-state index is 0.582. The zero-order chi connectivity index (χ0) is 11.1. The van der Waals surface area contributed by atoms with Gasteiger partial charge in [-0.3, -0.25) is 9.78 Å². The number of rotatable bonds is 6. The molecule has 0 saturated heterocycles. The predicted octanol–water partition coefficient (Wildman–Crippen LogP) is 0.602. The van der Waals surface area contributed by atoms with Gasteiger partial charge in [0, 0.05) is 19.3 Å². The summed E-state index contributed by atoms with van der Waals surface area (Å²) in [7, 11) is 3.98. The lowest BCUT2D eigenvalue weighted by Crippen LogP contribution is -2.30. The first kappa shape index (κ1) is 11.7. The van der Waals surface area contributed by atoms with Gasteiger partial charge in [0.15, 0.2) is 0 Å². The number of carbonyl (C=O) groups is 1. The standard InChI is InChI=1S/C11H17N3O/c1-13(2)7-8-14(10-15)9-11-5-3-4-6-12-11/h3-6,10H,7-9H2,1-2H3. The minimum atomic E-state index is 0.582. The topological polar surface area (TPSA) is 36.4 Å². The van der Waals surface area contributed by atoms with Gasteiger partial charge in [0.25, 0.3) is 0 Å². The van der Waals surface area contributed by atoms with E-state index in [4.69, 9.17) is 0 Å². The Morgan fingerprint density at radius 2 is 2.13 bits per heavy atom. The Bertz CT molecular complexity index is 287. The third-order valence-electron chi connectivity index (χ3n) is 2.07. The van der Waals surface area contributed by atoms with Crippen molar-refractivity contribution in [1.29, 1.82) is 0 Å². The molecule has 4 heteroatoms. The summed E-state index contributed by atoms with van der Waals surface area (Å²) in [5, 5.41) is 0. The highest BCUT2D eigenvalue weighted by Crippen LogP contribution is 1.98. The largest absolute Gasteiger partial charge is 0.338 e. The van der Waals surface area contributed by atoms with E-state index in [1.807, 2.05) is 32.3 Å². The minimum Gasteiger partial charge on any atom is -0.338 e. The van der Waals surface area contributed by atoms with Gasteiger partial charge in [-0.2, -0.15) is 0 Å². The molecule has 4 nitrogen and oxygen atoms in total. The van der Waals surface area contributed by atoms with Crippen LogP contribution in [0.5, 0.6) is 0 Å². The third kappa shape index (κ3) is 4.56. The molecule has 1 amide bonds. The molecule has 0 radical (unpaired) electrons. The maximum Gasteiger partial charge on any atom is 0.210 e. The zero-order valence-corrected chi connectivity index (χ0v) is 9.26. The average Bonchev–Trinajstić information content (AvgIpc) is 2.25. The van der Waals surface area contributed by atoms with Gasteiger partial charge in [0.2, 0.25) is 6.41 Å². The van der Waals surface area contributed by atoms with E-state index >= 15 is 0 Å². The maximum atomic E-state index is 10.8. The van der Waals surface area contributed by atoms with Crippen LogP contribution in [0.3, 0.4) is 0 Å².